The Morgan fingerprint density at radius 2 is 1.77 bits per heavy atom. The highest BCUT2D eigenvalue weighted by Gasteiger charge is 2.38. The smallest absolute Gasteiger partial charge is 0.408 e. The lowest BCUT2D eigenvalue weighted by atomic mass is 9.95. The molecule has 2 heterocycles. The number of rotatable bonds is 4. The Bertz CT molecular complexity index is 927. The molecular weight excluding hydrogens is 328 g/mol. The van der Waals surface area contributed by atoms with Crippen molar-refractivity contribution >= 4 is 6.09 Å². The summed E-state index contributed by atoms with van der Waals surface area (Å²) in [4.78, 5) is 16.3. The summed E-state index contributed by atoms with van der Waals surface area (Å²) in [6.45, 7) is 0. The van der Waals surface area contributed by atoms with Crippen molar-refractivity contribution in [1.82, 2.24) is 10.3 Å². The van der Waals surface area contributed by atoms with E-state index in [1.54, 1.807) is 13.3 Å². The van der Waals surface area contributed by atoms with Gasteiger partial charge in [-0.15, -0.1) is 0 Å². The highest BCUT2D eigenvalue weighted by molar-refractivity contribution is 5.72. The first-order valence-corrected chi connectivity index (χ1v) is 8.36. The third kappa shape index (κ3) is 2.99. The van der Waals surface area contributed by atoms with E-state index in [-0.39, 0.29) is 6.04 Å². The monoisotopic (exact) mass is 346 g/mol. The summed E-state index contributed by atoms with van der Waals surface area (Å²) in [5.41, 5.74) is 3.76. The van der Waals surface area contributed by atoms with Gasteiger partial charge in [-0.1, -0.05) is 48.5 Å². The van der Waals surface area contributed by atoms with Crippen molar-refractivity contribution < 1.29 is 14.3 Å². The molecule has 3 aromatic rings. The summed E-state index contributed by atoms with van der Waals surface area (Å²) < 4.78 is 11.0. The zero-order valence-electron chi connectivity index (χ0n) is 14.3. The van der Waals surface area contributed by atoms with E-state index in [1.165, 1.54) is 0 Å². The Labute approximate surface area is 151 Å². The van der Waals surface area contributed by atoms with Crippen molar-refractivity contribution in [3.63, 3.8) is 0 Å². The van der Waals surface area contributed by atoms with E-state index in [0.29, 0.717) is 5.75 Å². The van der Waals surface area contributed by atoms with E-state index >= 15 is 0 Å². The first kappa shape index (κ1) is 16.1. The number of amides is 1. The van der Waals surface area contributed by atoms with E-state index in [4.69, 9.17) is 9.47 Å². The second-order valence-electron chi connectivity index (χ2n) is 6.06. The third-order valence-corrected chi connectivity index (χ3v) is 4.48. The van der Waals surface area contributed by atoms with Gasteiger partial charge >= 0.3 is 6.09 Å². The Balaban J connectivity index is 1.73. The number of ether oxygens (including phenoxy) is 2. The standard InChI is InChI=1S/C21H18N2O3/c1-25-18-10-6-5-9-17(18)20-19(23-21(24)26-20)16-11-15(12-22-13-16)14-7-3-2-4-8-14/h2-13,19-20H,1H3,(H,23,24)/t19-,20+/m1/s1. The molecule has 26 heavy (non-hydrogen) atoms. The Kier molecular flexibility index (Phi) is 4.27. The Hall–Kier alpha value is -3.34. The maximum absolute atomic E-state index is 12.0. The number of para-hydroxylation sites is 1. The van der Waals surface area contributed by atoms with E-state index in [0.717, 1.165) is 22.3 Å². The molecule has 0 bridgehead atoms. The molecule has 0 saturated carbocycles. The molecule has 5 heteroatoms. The minimum Gasteiger partial charge on any atom is -0.496 e. The van der Waals surface area contributed by atoms with Crippen LogP contribution in [0.3, 0.4) is 0 Å². The number of alkyl carbamates (subject to hydrolysis) is 1. The van der Waals surface area contributed by atoms with Gasteiger partial charge in [0, 0.05) is 23.5 Å². The van der Waals surface area contributed by atoms with Gasteiger partial charge in [0.15, 0.2) is 6.10 Å². The highest BCUT2D eigenvalue weighted by Crippen LogP contribution is 2.40. The van der Waals surface area contributed by atoms with Crippen molar-refractivity contribution in [1.29, 1.82) is 0 Å². The van der Waals surface area contributed by atoms with E-state index < -0.39 is 12.2 Å². The Morgan fingerprint density at radius 1 is 1.00 bits per heavy atom. The quantitative estimate of drug-likeness (QED) is 0.766. The van der Waals surface area contributed by atoms with Gasteiger partial charge in [0.05, 0.1) is 7.11 Å². The number of cyclic esters (lactones) is 1. The lowest BCUT2D eigenvalue weighted by Gasteiger charge is -2.20. The van der Waals surface area contributed by atoms with Crippen LogP contribution in [0.1, 0.15) is 23.3 Å². The van der Waals surface area contributed by atoms with Crippen LogP contribution < -0.4 is 10.1 Å². The van der Waals surface area contributed by atoms with Crippen LogP contribution in [0, 0.1) is 0 Å². The molecule has 1 N–H and O–H groups in total. The largest absolute Gasteiger partial charge is 0.496 e. The van der Waals surface area contributed by atoms with Crippen molar-refractivity contribution in [2.24, 2.45) is 0 Å². The zero-order chi connectivity index (χ0) is 17.9. The number of benzene rings is 2. The molecule has 0 unspecified atom stereocenters. The van der Waals surface area contributed by atoms with E-state index in [1.807, 2.05) is 66.9 Å². The zero-order valence-corrected chi connectivity index (χ0v) is 14.3. The minimum atomic E-state index is -0.480. The van der Waals surface area contributed by atoms with Gasteiger partial charge < -0.3 is 14.8 Å². The number of pyridine rings is 1. The summed E-state index contributed by atoms with van der Waals surface area (Å²) in [6.07, 6.45) is 2.64. The van der Waals surface area contributed by atoms with Crippen LogP contribution in [0.15, 0.2) is 73.1 Å². The molecule has 4 rings (SSSR count). The van der Waals surface area contributed by atoms with Crippen molar-refractivity contribution in [2.75, 3.05) is 7.11 Å². The second-order valence-corrected chi connectivity index (χ2v) is 6.06. The van der Waals surface area contributed by atoms with Crippen LogP contribution >= 0.6 is 0 Å². The van der Waals surface area contributed by atoms with Crippen molar-refractivity contribution in [3.8, 4) is 16.9 Å². The Morgan fingerprint density at radius 3 is 2.58 bits per heavy atom. The van der Waals surface area contributed by atoms with Crippen LogP contribution in [0.25, 0.3) is 11.1 Å². The molecule has 0 aliphatic carbocycles. The van der Waals surface area contributed by atoms with Crippen LogP contribution in [0.5, 0.6) is 5.75 Å². The van der Waals surface area contributed by atoms with Crippen LogP contribution in [0.4, 0.5) is 4.79 Å². The third-order valence-electron chi connectivity index (χ3n) is 4.48. The number of hydrogen-bond donors (Lipinski definition) is 1. The summed E-state index contributed by atoms with van der Waals surface area (Å²) in [7, 11) is 1.61. The number of aromatic nitrogens is 1. The van der Waals surface area contributed by atoms with Gasteiger partial charge in [-0.05, 0) is 23.3 Å². The van der Waals surface area contributed by atoms with Crippen molar-refractivity contribution in [3.05, 3.63) is 84.2 Å². The summed E-state index contributed by atoms with van der Waals surface area (Å²) in [5.74, 6) is 0.686. The van der Waals surface area contributed by atoms with Gasteiger partial charge in [-0.25, -0.2) is 4.79 Å². The molecule has 1 aliphatic rings. The van der Waals surface area contributed by atoms with Crippen LogP contribution in [0.2, 0.25) is 0 Å². The first-order valence-electron chi connectivity index (χ1n) is 8.36. The SMILES string of the molecule is COc1ccccc1[C@@H]1OC(=O)N[C@@H]1c1cncc(-c2ccccc2)c1. The maximum Gasteiger partial charge on any atom is 0.408 e. The van der Waals surface area contributed by atoms with E-state index in [2.05, 4.69) is 10.3 Å². The fourth-order valence-electron chi connectivity index (χ4n) is 3.24. The lowest BCUT2D eigenvalue weighted by molar-refractivity contribution is 0.130. The molecule has 2 atom stereocenters. The fraction of sp³-hybridized carbons (Fsp3) is 0.143. The first-order chi connectivity index (χ1) is 12.8. The molecule has 0 spiro atoms. The van der Waals surface area contributed by atoms with Gasteiger partial charge in [0.25, 0.3) is 0 Å². The van der Waals surface area contributed by atoms with E-state index in [9.17, 15) is 4.79 Å². The number of methoxy groups -OCH3 is 1. The lowest BCUT2D eigenvalue weighted by Crippen LogP contribution is -2.20. The minimum absolute atomic E-state index is 0.338. The maximum atomic E-state index is 12.0. The average Bonchev–Trinajstić information content (AvgIpc) is 3.10. The molecule has 1 aliphatic heterocycles. The molecule has 2 aromatic carbocycles. The molecule has 1 saturated heterocycles. The number of nitrogens with zero attached hydrogens (tertiary/aromatic N) is 1. The average molecular weight is 346 g/mol. The van der Waals surface area contributed by atoms with Crippen LogP contribution in [-0.4, -0.2) is 18.2 Å². The number of hydrogen-bond acceptors (Lipinski definition) is 4. The topological polar surface area (TPSA) is 60.5 Å². The van der Waals surface area contributed by atoms with Gasteiger partial charge in [-0.3, -0.25) is 4.98 Å². The molecule has 1 aromatic heterocycles. The predicted octanol–water partition coefficient (Wildman–Crippen LogP) is 4.28. The second kappa shape index (κ2) is 6.88. The predicted molar refractivity (Wildman–Crippen MR) is 97.8 cm³/mol. The molecule has 5 nitrogen and oxygen atoms in total. The van der Waals surface area contributed by atoms with Crippen LogP contribution in [-0.2, 0) is 4.74 Å². The molecule has 130 valence electrons. The molecular formula is C21H18N2O3. The number of nitrogens with one attached hydrogen (secondary N) is 1. The highest BCUT2D eigenvalue weighted by atomic mass is 16.6. The summed E-state index contributed by atoms with van der Waals surface area (Å²) in [6, 6.07) is 19.3. The van der Waals surface area contributed by atoms with Gasteiger partial charge in [0.2, 0.25) is 0 Å². The molecule has 0 radical (unpaired) electrons. The van der Waals surface area contributed by atoms with Crippen molar-refractivity contribution in [2.45, 2.75) is 12.1 Å². The molecule has 1 amide bonds. The normalized spacial score (nSPS) is 18.9. The number of carbonyl (C=O) groups is 1. The fourth-order valence-corrected chi connectivity index (χ4v) is 3.24. The number of carbonyl (C=O) groups excluding carboxylic acids is 1. The summed E-state index contributed by atoms with van der Waals surface area (Å²) >= 11 is 0. The van der Waals surface area contributed by atoms with Gasteiger partial charge in [0.1, 0.15) is 11.8 Å². The summed E-state index contributed by atoms with van der Waals surface area (Å²) in [5, 5.41) is 2.89. The molecule has 1 fully saturated rings. The van der Waals surface area contributed by atoms with Gasteiger partial charge in [-0.2, -0.15) is 0 Å².